The Labute approximate surface area is 370 Å². The van der Waals surface area contributed by atoms with Crippen molar-refractivity contribution in [2.45, 2.75) is 43.4 Å². The van der Waals surface area contributed by atoms with Crippen LogP contribution in [0.4, 0.5) is 0 Å². The normalized spacial score (nSPS) is 20.2. The quantitative estimate of drug-likeness (QED) is 0.164. The molecule has 0 aliphatic heterocycles. The van der Waals surface area contributed by atoms with Crippen molar-refractivity contribution < 1.29 is 0 Å². The standard InChI is InChI=1S/C61H39NS/c1-60(2)49-25-9-5-21-42(49)46-34-54-48(33-52(46)60)57-45-23-8-12-28-55(45)63-59(57)62(54)39-18-13-16-35(30-39)38-29-36-15-3-4-19-40(36)47(31-38)56-44-22-7-11-27-51(44)61-50-26-10-6-20-41(50)43-24-14-17-37(58(43)61)32-53(56)61/h3-6,8-10,12-28,30,32-34,38H,29,31H2,1-2H3/b56-47+. The smallest absolute Gasteiger partial charge is 0.109 e. The fourth-order valence-electron chi connectivity index (χ4n) is 13.1. The third-order valence-electron chi connectivity index (χ3n) is 15.7. The van der Waals surface area contributed by atoms with Crippen LogP contribution in [0, 0.1) is 12.1 Å². The van der Waals surface area contributed by atoms with Gasteiger partial charge in [-0.15, -0.1) is 11.3 Å². The number of benzene rings is 7. The van der Waals surface area contributed by atoms with Crippen molar-refractivity contribution in [1.29, 1.82) is 0 Å². The summed E-state index contributed by atoms with van der Waals surface area (Å²) in [5.74, 6) is 0.300. The topological polar surface area (TPSA) is 4.93 Å². The zero-order valence-electron chi connectivity index (χ0n) is 35.0. The second kappa shape index (κ2) is 11.8. The molecule has 0 N–H and O–H groups in total. The Morgan fingerprint density at radius 1 is 0.587 bits per heavy atom. The number of nitrogens with zero attached hydrogens (tertiary/aromatic N) is 1. The first-order chi connectivity index (χ1) is 31.0. The van der Waals surface area contributed by atoms with Crippen LogP contribution in [0.3, 0.4) is 0 Å². The molecule has 1 nitrogen and oxygen atoms in total. The summed E-state index contributed by atoms with van der Waals surface area (Å²) in [6.07, 6.45) is 4.48. The first-order valence-electron chi connectivity index (χ1n) is 22.4. The zero-order chi connectivity index (χ0) is 41.3. The molecule has 0 radical (unpaired) electrons. The van der Waals surface area contributed by atoms with E-state index in [-0.39, 0.29) is 10.8 Å². The highest BCUT2D eigenvalue weighted by molar-refractivity contribution is 7.25. The lowest BCUT2D eigenvalue weighted by molar-refractivity contribution is 0.661. The largest absolute Gasteiger partial charge is 0.301 e. The van der Waals surface area contributed by atoms with Gasteiger partial charge in [0.2, 0.25) is 0 Å². The first kappa shape index (κ1) is 34.4. The third kappa shape index (κ3) is 4.16. The Morgan fingerprint density at radius 2 is 1.33 bits per heavy atom. The average molecular weight is 818 g/mol. The second-order valence-corrected chi connectivity index (χ2v) is 20.0. The van der Waals surface area contributed by atoms with Crippen LogP contribution < -0.4 is 0 Å². The molecule has 2 heterocycles. The monoisotopic (exact) mass is 817 g/mol. The summed E-state index contributed by atoms with van der Waals surface area (Å²) in [6, 6.07) is 69.2. The van der Waals surface area contributed by atoms with E-state index in [1.54, 1.807) is 0 Å². The number of rotatable bonds is 2. The molecule has 63 heavy (non-hydrogen) atoms. The first-order valence-corrected chi connectivity index (χ1v) is 23.2. The van der Waals surface area contributed by atoms with E-state index in [4.69, 9.17) is 0 Å². The van der Waals surface area contributed by atoms with Gasteiger partial charge in [0.05, 0.1) is 10.9 Å². The maximum atomic E-state index is 3.43. The van der Waals surface area contributed by atoms with Gasteiger partial charge in [-0.25, -0.2) is 0 Å². The van der Waals surface area contributed by atoms with Gasteiger partial charge < -0.3 is 4.57 Å². The minimum Gasteiger partial charge on any atom is -0.301 e. The lowest BCUT2D eigenvalue weighted by Crippen LogP contribution is -2.23. The molecule has 0 saturated carbocycles. The van der Waals surface area contributed by atoms with Crippen LogP contribution >= 0.6 is 11.3 Å². The number of fused-ring (bicyclic) bond motifs is 12. The molecule has 8 aromatic carbocycles. The van der Waals surface area contributed by atoms with Crippen LogP contribution in [0.2, 0.25) is 0 Å². The molecule has 5 aliphatic rings. The van der Waals surface area contributed by atoms with E-state index in [9.17, 15) is 0 Å². The van der Waals surface area contributed by atoms with Gasteiger partial charge in [-0.05, 0) is 162 Å². The van der Waals surface area contributed by atoms with Crippen LogP contribution in [0.5, 0.6) is 0 Å². The fourth-order valence-corrected chi connectivity index (χ4v) is 14.4. The van der Waals surface area contributed by atoms with Gasteiger partial charge in [0.1, 0.15) is 4.83 Å². The van der Waals surface area contributed by atoms with Crippen molar-refractivity contribution in [1.82, 2.24) is 4.57 Å². The van der Waals surface area contributed by atoms with E-state index in [0.717, 1.165) is 12.8 Å². The van der Waals surface area contributed by atoms with Gasteiger partial charge in [0, 0.05) is 32.0 Å². The molecule has 10 aromatic rings. The van der Waals surface area contributed by atoms with E-state index in [1.165, 1.54) is 132 Å². The average Bonchev–Trinajstić information content (AvgIpc) is 4.13. The minimum atomic E-state index is -0.339. The van der Waals surface area contributed by atoms with E-state index < -0.39 is 0 Å². The predicted molar refractivity (Wildman–Crippen MR) is 262 cm³/mol. The van der Waals surface area contributed by atoms with Crippen LogP contribution in [0.25, 0.3) is 76.4 Å². The lowest BCUT2D eigenvalue weighted by Gasteiger charge is -2.31. The number of hydrogen-bond donors (Lipinski definition) is 0. The summed E-state index contributed by atoms with van der Waals surface area (Å²) >= 11 is 1.92. The summed E-state index contributed by atoms with van der Waals surface area (Å²) < 4.78 is 3.92. The zero-order valence-corrected chi connectivity index (χ0v) is 35.8. The van der Waals surface area contributed by atoms with Crippen molar-refractivity contribution >= 4 is 59.8 Å². The van der Waals surface area contributed by atoms with E-state index in [0.29, 0.717) is 5.92 Å². The molecule has 2 aromatic heterocycles. The molecule has 1 spiro atoms. The summed E-state index contributed by atoms with van der Waals surface area (Å²) in [5, 5.41) is 4.06. The van der Waals surface area contributed by atoms with Crippen molar-refractivity contribution in [2.24, 2.45) is 0 Å². The van der Waals surface area contributed by atoms with Gasteiger partial charge in [-0.1, -0.05) is 147 Å². The maximum absolute atomic E-state index is 3.43. The highest BCUT2D eigenvalue weighted by Gasteiger charge is 2.57. The second-order valence-electron chi connectivity index (χ2n) is 18.9. The third-order valence-corrected chi connectivity index (χ3v) is 16.9. The predicted octanol–water partition coefficient (Wildman–Crippen LogP) is 15.3. The molecule has 0 amide bonds. The fraction of sp³-hybridized carbons (Fsp3) is 0.115. The van der Waals surface area contributed by atoms with Gasteiger partial charge in [-0.2, -0.15) is 0 Å². The van der Waals surface area contributed by atoms with Crippen LogP contribution in [0.1, 0.15) is 81.8 Å². The number of allylic oxidation sites excluding steroid dienone is 3. The molecule has 0 saturated heterocycles. The highest BCUT2D eigenvalue weighted by atomic mass is 32.1. The lowest BCUT2D eigenvalue weighted by atomic mass is 9.71. The Hall–Kier alpha value is -7.18. The SMILES string of the molecule is CC1(C)c2ccccc2-c2cc3c(cc21)c1c2ccccc2sc1n3-c1cccc(C2C/C(=C3\C4=Cc5cccc6c5C4(c4cc#ccc43)c3ccccc3-6)c3ccccc3C2)c1. The van der Waals surface area contributed by atoms with Crippen molar-refractivity contribution in [3.05, 3.63) is 237 Å². The molecular formula is C61H39NS. The van der Waals surface area contributed by atoms with Gasteiger partial charge in [0.25, 0.3) is 0 Å². The van der Waals surface area contributed by atoms with E-state index >= 15 is 0 Å². The summed E-state index contributed by atoms with van der Waals surface area (Å²) in [5.41, 5.74) is 25.7. The minimum absolute atomic E-state index is 0.0691. The Bertz CT molecular complexity index is 3790. The molecular weight excluding hydrogens is 779 g/mol. The summed E-state index contributed by atoms with van der Waals surface area (Å²) in [7, 11) is 0. The van der Waals surface area contributed by atoms with Crippen LogP contribution in [0.15, 0.2) is 169 Å². The molecule has 15 rings (SSSR count). The van der Waals surface area contributed by atoms with E-state index in [2.05, 4.69) is 200 Å². The molecule has 0 fully saturated rings. The summed E-state index contributed by atoms with van der Waals surface area (Å²) in [6.45, 7) is 4.79. The van der Waals surface area contributed by atoms with Gasteiger partial charge >= 0.3 is 0 Å². The van der Waals surface area contributed by atoms with Gasteiger partial charge in [-0.3, -0.25) is 0 Å². The van der Waals surface area contributed by atoms with Crippen LogP contribution in [-0.4, -0.2) is 4.57 Å². The summed E-state index contributed by atoms with van der Waals surface area (Å²) in [4.78, 5) is 1.32. The highest BCUT2D eigenvalue weighted by Crippen LogP contribution is 2.69. The molecule has 2 atom stereocenters. The molecule has 5 aliphatic carbocycles. The number of thiophene rings is 1. The van der Waals surface area contributed by atoms with Crippen molar-refractivity contribution in [2.75, 3.05) is 0 Å². The number of aromatic nitrogens is 1. The number of hydrogen-bond acceptors (Lipinski definition) is 1. The van der Waals surface area contributed by atoms with Gasteiger partial charge in [0.15, 0.2) is 0 Å². The molecule has 294 valence electrons. The molecule has 2 unspecified atom stereocenters. The van der Waals surface area contributed by atoms with Crippen LogP contribution in [-0.2, 0) is 17.3 Å². The Balaban J connectivity index is 0.938. The van der Waals surface area contributed by atoms with E-state index in [1.807, 2.05) is 11.3 Å². The Kier molecular flexibility index (Phi) is 6.47. The van der Waals surface area contributed by atoms with Crippen molar-refractivity contribution in [3.63, 3.8) is 0 Å². The molecule has 2 heteroatoms. The van der Waals surface area contributed by atoms with Crippen molar-refractivity contribution in [3.8, 4) is 27.9 Å². The Morgan fingerprint density at radius 3 is 2.24 bits per heavy atom. The maximum Gasteiger partial charge on any atom is 0.109 e. The molecule has 0 bridgehead atoms.